The predicted molar refractivity (Wildman–Crippen MR) is 130 cm³/mol. The lowest BCUT2D eigenvalue weighted by Gasteiger charge is -2.29. The van der Waals surface area contributed by atoms with Crippen LogP contribution in [0.15, 0.2) is 48.5 Å². The number of nitrogens with zero attached hydrogens (tertiary/aromatic N) is 1. The lowest BCUT2D eigenvalue weighted by atomic mass is 9.76. The molecule has 4 atom stereocenters. The number of nitrogens with one attached hydrogen (secondary N) is 2. The first-order valence-corrected chi connectivity index (χ1v) is 13.0. The highest BCUT2D eigenvalue weighted by Gasteiger charge is 2.70. The Hall–Kier alpha value is -2.64. The molecular weight excluding hydrogens is 434 g/mol. The number of hydrogen-bond acceptors (Lipinski definition) is 5. The van der Waals surface area contributed by atoms with Crippen molar-refractivity contribution in [1.82, 2.24) is 10.2 Å². The summed E-state index contributed by atoms with van der Waals surface area (Å²) < 4.78 is 0. The molecule has 0 unspecified atom stereocenters. The summed E-state index contributed by atoms with van der Waals surface area (Å²) in [6.07, 6.45) is 4.14. The van der Waals surface area contributed by atoms with Gasteiger partial charge in [-0.25, -0.2) is 0 Å². The fourth-order valence-corrected chi connectivity index (χ4v) is 6.33. The van der Waals surface area contributed by atoms with Crippen LogP contribution in [0.25, 0.3) is 0 Å². The predicted octanol–water partition coefficient (Wildman–Crippen LogP) is 2.97. The van der Waals surface area contributed by atoms with E-state index in [4.69, 9.17) is 0 Å². The minimum atomic E-state index is -1.19. The second-order valence-electron chi connectivity index (χ2n) is 9.05. The van der Waals surface area contributed by atoms with Crippen LogP contribution in [0, 0.1) is 11.8 Å². The van der Waals surface area contributed by atoms with Gasteiger partial charge >= 0.3 is 0 Å². The summed E-state index contributed by atoms with van der Waals surface area (Å²) in [7, 11) is 0. The molecule has 1 spiro atoms. The highest BCUT2D eigenvalue weighted by Crippen LogP contribution is 2.54. The monoisotopic (exact) mass is 463 g/mol. The van der Waals surface area contributed by atoms with Crippen LogP contribution in [0.4, 0.5) is 5.69 Å². The fourth-order valence-electron chi connectivity index (χ4n) is 5.84. The molecule has 0 bridgehead atoms. The van der Waals surface area contributed by atoms with E-state index in [9.17, 15) is 14.4 Å². The van der Waals surface area contributed by atoms with Crippen LogP contribution in [0.2, 0.25) is 0 Å². The Morgan fingerprint density at radius 2 is 1.82 bits per heavy atom. The molecule has 7 heteroatoms. The van der Waals surface area contributed by atoms with Gasteiger partial charge in [-0.3, -0.25) is 24.6 Å². The van der Waals surface area contributed by atoms with Crippen LogP contribution in [0.3, 0.4) is 0 Å². The van der Waals surface area contributed by atoms with Gasteiger partial charge in [0.2, 0.25) is 17.7 Å². The molecule has 33 heavy (non-hydrogen) atoms. The molecule has 2 saturated heterocycles. The zero-order valence-corrected chi connectivity index (χ0v) is 19.8. The number of amides is 3. The maximum absolute atomic E-state index is 13.8. The van der Waals surface area contributed by atoms with Gasteiger partial charge in [-0.15, -0.1) is 0 Å². The number of likely N-dealkylation sites (tertiary alicyclic amines) is 1. The summed E-state index contributed by atoms with van der Waals surface area (Å²) in [4.78, 5) is 42.4. The van der Waals surface area contributed by atoms with E-state index < -0.39 is 17.4 Å². The third-order valence-electron chi connectivity index (χ3n) is 7.41. The third kappa shape index (κ3) is 3.32. The summed E-state index contributed by atoms with van der Waals surface area (Å²) in [5, 5.41) is 6.58. The Kier molecular flexibility index (Phi) is 5.79. The van der Waals surface area contributed by atoms with Crippen LogP contribution in [-0.4, -0.2) is 47.2 Å². The Labute approximate surface area is 198 Å². The summed E-state index contributed by atoms with van der Waals surface area (Å²) in [6, 6.07) is 15.5. The number of carbonyl (C=O) groups is 3. The number of rotatable bonds is 7. The maximum Gasteiger partial charge on any atom is 0.250 e. The van der Waals surface area contributed by atoms with Gasteiger partial charge in [0.1, 0.15) is 5.54 Å². The maximum atomic E-state index is 13.8. The molecule has 2 N–H and O–H groups in total. The van der Waals surface area contributed by atoms with Crippen molar-refractivity contribution in [2.24, 2.45) is 11.8 Å². The number of fused-ring (bicyclic) bond motifs is 4. The highest BCUT2D eigenvalue weighted by molar-refractivity contribution is 7.98. The molecule has 5 rings (SSSR count). The molecule has 0 saturated carbocycles. The number of thioether (sulfide) groups is 1. The first kappa shape index (κ1) is 22.2. The van der Waals surface area contributed by atoms with Crippen molar-refractivity contribution < 1.29 is 14.4 Å². The molecular formula is C26H29N3O3S. The molecule has 3 aliphatic rings. The van der Waals surface area contributed by atoms with E-state index in [0.29, 0.717) is 13.0 Å². The number of anilines is 1. The van der Waals surface area contributed by atoms with E-state index in [2.05, 4.69) is 17.6 Å². The number of carbonyl (C=O) groups excluding carboxylic acids is 3. The number of aryl methyl sites for hydroxylation is 1. The highest BCUT2D eigenvalue weighted by atomic mass is 32.2. The van der Waals surface area contributed by atoms with Crippen LogP contribution in [0.5, 0.6) is 0 Å². The van der Waals surface area contributed by atoms with Crippen molar-refractivity contribution in [3.63, 3.8) is 0 Å². The molecule has 2 fully saturated rings. The molecule has 3 amide bonds. The van der Waals surface area contributed by atoms with E-state index >= 15 is 0 Å². The van der Waals surface area contributed by atoms with Crippen LogP contribution >= 0.6 is 11.8 Å². The lowest BCUT2D eigenvalue weighted by molar-refractivity contribution is -0.142. The number of benzene rings is 2. The molecule has 2 aromatic rings. The smallest absolute Gasteiger partial charge is 0.250 e. The van der Waals surface area contributed by atoms with Gasteiger partial charge in [0.05, 0.1) is 11.8 Å². The van der Waals surface area contributed by atoms with Gasteiger partial charge in [-0.1, -0.05) is 55.5 Å². The molecule has 3 heterocycles. The zero-order chi connectivity index (χ0) is 23.2. The summed E-state index contributed by atoms with van der Waals surface area (Å²) in [5.41, 5.74) is 2.53. The second-order valence-corrected chi connectivity index (χ2v) is 10.0. The standard InChI is InChI=1S/C26H29N3O3S/c1-3-17-10-7-11-18-22(17)27-25(32)26(18)21-20(19(28-26)13-15-33-2)23(30)29(24(21)31)14-12-16-8-5-4-6-9-16/h4-11,19-21,28H,3,12-15H2,1-2H3,(H,27,32)/t19-,20-,21+,26+/m1/s1. The van der Waals surface area contributed by atoms with E-state index in [1.165, 1.54) is 4.90 Å². The summed E-state index contributed by atoms with van der Waals surface area (Å²) in [5.74, 6) is -0.991. The van der Waals surface area contributed by atoms with Gasteiger partial charge in [-0.2, -0.15) is 11.8 Å². The van der Waals surface area contributed by atoms with Crippen LogP contribution in [-0.2, 0) is 32.8 Å². The molecule has 2 aromatic carbocycles. The van der Waals surface area contributed by atoms with Crippen molar-refractivity contribution in [1.29, 1.82) is 0 Å². The summed E-state index contributed by atoms with van der Waals surface area (Å²) >= 11 is 1.71. The van der Waals surface area contributed by atoms with Gasteiger partial charge < -0.3 is 5.32 Å². The van der Waals surface area contributed by atoms with E-state index in [-0.39, 0.29) is 23.8 Å². The third-order valence-corrected chi connectivity index (χ3v) is 8.05. The quantitative estimate of drug-likeness (QED) is 0.618. The molecule has 0 aromatic heterocycles. The van der Waals surface area contributed by atoms with Crippen LogP contribution < -0.4 is 10.6 Å². The van der Waals surface area contributed by atoms with E-state index in [1.807, 2.05) is 54.8 Å². The number of hydrogen-bond donors (Lipinski definition) is 2. The lowest BCUT2D eigenvalue weighted by Crippen LogP contribution is -2.53. The number of imide groups is 1. The minimum Gasteiger partial charge on any atom is -0.324 e. The SMILES string of the molecule is CCc1cccc2c1NC(=O)[C@]21N[C@H](CCSC)[C@H]2C(=O)N(CCc3ccccc3)C(=O)[C@H]21. The first-order chi connectivity index (χ1) is 16.0. The Morgan fingerprint density at radius 3 is 2.55 bits per heavy atom. The number of para-hydroxylation sites is 1. The first-order valence-electron chi connectivity index (χ1n) is 11.6. The van der Waals surface area contributed by atoms with Gasteiger partial charge in [-0.05, 0) is 42.4 Å². The topological polar surface area (TPSA) is 78.5 Å². The molecule has 3 aliphatic heterocycles. The Balaban J connectivity index is 1.54. The average Bonchev–Trinajstić information content (AvgIpc) is 3.41. The van der Waals surface area contributed by atoms with E-state index in [0.717, 1.165) is 41.0 Å². The van der Waals surface area contributed by atoms with Crippen molar-refractivity contribution in [2.75, 3.05) is 23.9 Å². The van der Waals surface area contributed by atoms with Crippen LogP contribution in [0.1, 0.15) is 30.0 Å². The fraction of sp³-hybridized carbons (Fsp3) is 0.423. The second kappa shape index (κ2) is 8.61. The normalized spacial score (nSPS) is 27.9. The molecule has 172 valence electrons. The average molecular weight is 464 g/mol. The molecule has 0 aliphatic carbocycles. The van der Waals surface area contributed by atoms with Gasteiger partial charge in [0, 0.05) is 23.8 Å². The van der Waals surface area contributed by atoms with Crippen molar-refractivity contribution >= 4 is 35.2 Å². The van der Waals surface area contributed by atoms with Crippen molar-refractivity contribution in [2.45, 2.75) is 37.8 Å². The minimum absolute atomic E-state index is 0.149. The summed E-state index contributed by atoms with van der Waals surface area (Å²) in [6.45, 7) is 2.39. The van der Waals surface area contributed by atoms with Gasteiger partial charge in [0.15, 0.2) is 0 Å². The molecule has 0 radical (unpaired) electrons. The van der Waals surface area contributed by atoms with Crippen molar-refractivity contribution in [3.8, 4) is 0 Å². The largest absolute Gasteiger partial charge is 0.324 e. The zero-order valence-electron chi connectivity index (χ0n) is 19.0. The van der Waals surface area contributed by atoms with Gasteiger partial charge in [0.25, 0.3) is 0 Å². The van der Waals surface area contributed by atoms with Crippen molar-refractivity contribution in [3.05, 3.63) is 65.2 Å². The molecule has 6 nitrogen and oxygen atoms in total. The Bertz CT molecular complexity index is 1110. The van der Waals surface area contributed by atoms with E-state index in [1.54, 1.807) is 11.8 Å². The Morgan fingerprint density at radius 1 is 1.03 bits per heavy atom.